The highest BCUT2D eigenvalue weighted by Crippen LogP contribution is 3.14. The zero-order valence-electron chi connectivity index (χ0n) is 23.7. The van der Waals surface area contributed by atoms with Gasteiger partial charge in [-0.3, -0.25) is 9.59 Å². The van der Waals surface area contributed by atoms with Crippen molar-refractivity contribution in [3.63, 3.8) is 0 Å². The Hall–Kier alpha value is -2.37. The molecule has 1 aromatic rings. The van der Waals surface area contributed by atoms with Crippen LogP contribution < -0.4 is 0 Å². The molecular formula is C31H42N2O4. The van der Waals surface area contributed by atoms with Crippen LogP contribution in [0.3, 0.4) is 0 Å². The minimum Gasteiger partial charge on any atom is -0.462 e. The molecule has 200 valence electrons. The minimum atomic E-state index is -0.379. The van der Waals surface area contributed by atoms with Crippen molar-refractivity contribution in [1.82, 2.24) is 9.80 Å². The molecule has 37 heavy (non-hydrogen) atoms. The van der Waals surface area contributed by atoms with E-state index in [9.17, 15) is 14.4 Å². The van der Waals surface area contributed by atoms with Crippen molar-refractivity contribution in [2.75, 3.05) is 6.61 Å². The van der Waals surface area contributed by atoms with Gasteiger partial charge in [-0.15, -0.1) is 0 Å². The summed E-state index contributed by atoms with van der Waals surface area (Å²) < 4.78 is 5.20. The Morgan fingerprint density at radius 3 is 1.65 bits per heavy atom. The van der Waals surface area contributed by atoms with Crippen molar-refractivity contribution >= 4 is 17.8 Å². The van der Waals surface area contributed by atoms with Crippen molar-refractivity contribution in [1.29, 1.82) is 0 Å². The number of hydrogen-bond donors (Lipinski definition) is 0. The molecule has 6 aliphatic carbocycles. The molecule has 0 radical (unpaired) electrons. The number of benzene rings is 1. The van der Waals surface area contributed by atoms with E-state index < -0.39 is 0 Å². The van der Waals surface area contributed by atoms with Gasteiger partial charge in [-0.25, -0.2) is 4.79 Å². The van der Waals surface area contributed by atoms with E-state index in [1.165, 1.54) is 0 Å². The van der Waals surface area contributed by atoms with Gasteiger partial charge in [-0.05, 0) is 110 Å². The Balaban J connectivity index is 1.41. The molecule has 0 N–H and O–H groups in total. The van der Waals surface area contributed by atoms with E-state index in [2.05, 4.69) is 65.2 Å². The van der Waals surface area contributed by atoms with E-state index in [0.717, 1.165) is 5.56 Å². The first-order valence-electron chi connectivity index (χ1n) is 14.3. The third-order valence-corrected chi connectivity index (χ3v) is 11.1. The third kappa shape index (κ3) is 2.20. The first-order valence-corrected chi connectivity index (χ1v) is 14.3. The second-order valence-corrected chi connectivity index (χ2v) is 13.3. The highest BCUT2D eigenvalue weighted by atomic mass is 16.5. The molecule has 4 atom stereocenters. The molecule has 0 aromatic heterocycles. The Labute approximate surface area is 221 Å². The van der Waals surface area contributed by atoms with Gasteiger partial charge in [0.25, 0.3) is 0 Å². The van der Waals surface area contributed by atoms with Gasteiger partial charge >= 0.3 is 5.97 Å². The van der Waals surface area contributed by atoms with Crippen LogP contribution in [0, 0.1) is 40.4 Å². The van der Waals surface area contributed by atoms with Gasteiger partial charge < -0.3 is 14.5 Å². The average Bonchev–Trinajstić information content (AvgIpc) is 2.82. The van der Waals surface area contributed by atoms with Crippen LogP contribution >= 0.6 is 0 Å². The van der Waals surface area contributed by atoms with Gasteiger partial charge in [0.2, 0.25) is 11.8 Å². The summed E-state index contributed by atoms with van der Waals surface area (Å²) in [5.41, 5.74) is 0.719. The molecule has 6 saturated carbocycles. The van der Waals surface area contributed by atoms with Gasteiger partial charge in [0.15, 0.2) is 0 Å². The summed E-state index contributed by atoms with van der Waals surface area (Å²) in [4.78, 5) is 45.1. The van der Waals surface area contributed by atoms with E-state index in [1.54, 1.807) is 6.92 Å². The standard InChI is InChI=1S/C31H42N2O4/c1-10-37-26(34)19-11-13-20(14-12-19)30-24-22-21-23(31(22,30)28(36)33(17(6)7)18(8)9)25(30)29(21,24)27(35)32(15(2)3)16(4)5/h11-18,21-25H,10H2,1-9H3. The maximum absolute atomic E-state index is 14.4. The molecule has 0 heterocycles. The molecule has 6 heteroatoms. The molecule has 4 unspecified atom stereocenters. The number of hydrogen-bond acceptors (Lipinski definition) is 4. The average molecular weight is 507 g/mol. The van der Waals surface area contributed by atoms with E-state index in [-0.39, 0.29) is 64.1 Å². The van der Waals surface area contributed by atoms with Crippen molar-refractivity contribution in [3.05, 3.63) is 35.4 Å². The minimum absolute atomic E-state index is 0.129. The quantitative estimate of drug-likeness (QED) is 0.462. The fraction of sp³-hybridized carbons (Fsp3) is 0.710. The largest absolute Gasteiger partial charge is 0.462 e. The van der Waals surface area contributed by atoms with Gasteiger partial charge in [-0.1, -0.05) is 12.1 Å². The molecule has 7 rings (SSSR count). The van der Waals surface area contributed by atoms with Crippen LogP contribution in [0.1, 0.15) is 78.2 Å². The summed E-state index contributed by atoms with van der Waals surface area (Å²) in [7, 11) is 0. The highest BCUT2D eigenvalue weighted by Gasteiger charge is 3.18. The summed E-state index contributed by atoms with van der Waals surface area (Å²) in [6.07, 6.45) is 0. The molecule has 6 nitrogen and oxygen atoms in total. The normalized spacial score (nSPS) is 38.8. The summed E-state index contributed by atoms with van der Waals surface area (Å²) in [6, 6.07) is 8.34. The van der Waals surface area contributed by atoms with E-state index in [0.29, 0.717) is 35.8 Å². The lowest BCUT2D eigenvalue weighted by Gasteiger charge is -3.14. The molecule has 0 aliphatic heterocycles. The first-order chi connectivity index (χ1) is 17.4. The molecule has 6 aliphatic rings. The fourth-order valence-electron chi connectivity index (χ4n) is 10.8. The maximum Gasteiger partial charge on any atom is 0.338 e. The van der Waals surface area contributed by atoms with E-state index >= 15 is 0 Å². The number of carbonyl (C=O) groups excluding carboxylic acids is 3. The third-order valence-electron chi connectivity index (χ3n) is 11.1. The number of ether oxygens (including phenoxy) is 1. The molecule has 0 bridgehead atoms. The van der Waals surface area contributed by atoms with Crippen LogP contribution in [-0.2, 0) is 19.7 Å². The Morgan fingerprint density at radius 2 is 1.22 bits per heavy atom. The Bertz CT molecular complexity index is 1150. The lowest BCUT2D eigenvalue weighted by Crippen LogP contribution is -3.18. The summed E-state index contributed by atoms with van der Waals surface area (Å²) in [6.45, 7) is 19.0. The van der Waals surface area contributed by atoms with Crippen molar-refractivity contribution < 1.29 is 19.1 Å². The molecule has 1 aromatic carbocycles. The topological polar surface area (TPSA) is 66.9 Å². The smallest absolute Gasteiger partial charge is 0.338 e. The predicted molar refractivity (Wildman–Crippen MR) is 141 cm³/mol. The predicted octanol–water partition coefficient (Wildman–Crippen LogP) is 4.51. The Kier molecular flexibility index (Phi) is 4.98. The van der Waals surface area contributed by atoms with Gasteiger partial charge in [0, 0.05) is 29.6 Å². The number of nitrogens with zero attached hydrogens (tertiary/aromatic N) is 2. The second-order valence-electron chi connectivity index (χ2n) is 13.3. The number of carbonyl (C=O) groups is 3. The summed E-state index contributed by atoms with van der Waals surface area (Å²) >= 11 is 0. The van der Waals surface area contributed by atoms with Crippen molar-refractivity contribution in [2.24, 2.45) is 40.4 Å². The number of amides is 2. The summed E-state index contributed by atoms with van der Waals surface area (Å²) in [5, 5.41) is 0. The van der Waals surface area contributed by atoms with Crippen LogP contribution in [0.4, 0.5) is 0 Å². The lowest BCUT2D eigenvalue weighted by atomic mass is 8.87. The molecular weight excluding hydrogens is 464 g/mol. The molecule has 0 saturated heterocycles. The molecule has 2 amide bonds. The summed E-state index contributed by atoms with van der Waals surface area (Å²) in [5.74, 6) is 1.72. The fourth-order valence-corrected chi connectivity index (χ4v) is 10.8. The second kappa shape index (κ2) is 7.39. The van der Waals surface area contributed by atoms with Crippen LogP contribution in [-0.4, -0.2) is 58.4 Å². The van der Waals surface area contributed by atoms with Crippen LogP contribution in [0.2, 0.25) is 0 Å². The highest BCUT2D eigenvalue weighted by molar-refractivity contribution is 6.04. The lowest BCUT2D eigenvalue weighted by molar-refractivity contribution is -0.641. The van der Waals surface area contributed by atoms with Crippen LogP contribution in [0.25, 0.3) is 0 Å². The molecule has 0 spiro atoms. The first kappa shape index (κ1) is 24.9. The van der Waals surface area contributed by atoms with Crippen LogP contribution in [0.15, 0.2) is 24.3 Å². The van der Waals surface area contributed by atoms with Gasteiger partial charge in [0.1, 0.15) is 0 Å². The maximum atomic E-state index is 14.4. The Morgan fingerprint density at radius 1 is 0.757 bits per heavy atom. The zero-order valence-corrected chi connectivity index (χ0v) is 23.7. The van der Waals surface area contributed by atoms with Gasteiger partial charge in [0.05, 0.1) is 23.0 Å². The van der Waals surface area contributed by atoms with Gasteiger partial charge in [-0.2, -0.15) is 0 Å². The SMILES string of the molecule is CCOC(=O)c1ccc(C23C4C5C6C(C2C64C(=O)N(C(C)C)C(C)C)C53C(=O)N(C(C)C)C(C)C)cc1. The van der Waals surface area contributed by atoms with E-state index in [1.807, 2.05) is 24.3 Å². The molecule has 6 fully saturated rings. The van der Waals surface area contributed by atoms with Crippen molar-refractivity contribution in [3.8, 4) is 0 Å². The van der Waals surface area contributed by atoms with Crippen molar-refractivity contribution in [2.45, 2.75) is 91.9 Å². The van der Waals surface area contributed by atoms with Crippen LogP contribution in [0.5, 0.6) is 0 Å². The number of rotatable bonds is 9. The zero-order chi connectivity index (χ0) is 27.0. The van der Waals surface area contributed by atoms with E-state index in [4.69, 9.17) is 4.74 Å². The number of esters is 1. The monoisotopic (exact) mass is 506 g/mol.